The normalized spacial score (nSPS) is 14.1. The van der Waals surface area contributed by atoms with Crippen LogP contribution in [0.25, 0.3) is 11.4 Å². The maximum absolute atomic E-state index is 14.5. The molecule has 0 radical (unpaired) electrons. The SMILES string of the molecule is CN(C)S(=O)(=O)c1cc(C(=O)Nc2cc(-c3nnc4n3CCCCC4)ccc2F)ccc1Cl. The first-order valence-corrected chi connectivity index (χ1v) is 12.3. The summed E-state index contributed by atoms with van der Waals surface area (Å²) in [5, 5.41) is 11.1. The number of nitrogens with one attached hydrogen (secondary N) is 1. The third-order valence-electron chi connectivity index (χ3n) is 5.53. The molecule has 2 aromatic carbocycles. The molecular formula is C22H23ClFN5O3S. The minimum atomic E-state index is -3.86. The number of hydrogen-bond donors (Lipinski definition) is 1. The van der Waals surface area contributed by atoms with Crippen LogP contribution in [0.2, 0.25) is 5.02 Å². The van der Waals surface area contributed by atoms with E-state index >= 15 is 0 Å². The summed E-state index contributed by atoms with van der Waals surface area (Å²) in [6.45, 7) is 0.782. The molecule has 4 rings (SSSR count). The Hall–Kier alpha value is -2.82. The van der Waals surface area contributed by atoms with E-state index in [1.165, 1.54) is 44.4 Å². The zero-order chi connectivity index (χ0) is 23.8. The van der Waals surface area contributed by atoms with Crippen molar-refractivity contribution in [3.8, 4) is 11.4 Å². The summed E-state index contributed by atoms with van der Waals surface area (Å²) in [6.07, 6.45) is 4.01. The molecular weight excluding hydrogens is 469 g/mol. The van der Waals surface area contributed by atoms with Crippen molar-refractivity contribution in [3.63, 3.8) is 0 Å². The molecule has 0 aliphatic carbocycles. The number of anilines is 1. The van der Waals surface area contributed by atoms with E-state index < -0.39 is 21.7 Å². The van der Waals surface area contributed by atoms with E-state index in [0.717, 1.165) is 42.4 Å². The topological polar surface area (TPSA) is 97.2 Å². The number of carbonyl (C=O) groups is 1. The van der Waals surface area contributed by atoms with Crippen LogP contribution in [0.15, 0.2) is 41.3 Å². The fourth-order valence-corrected chi connectivity index (χ4v) is 5.09. The second-order valence-corrected chi connectivity index (χ2v) is 10.5. The molecule has 1 N–H and O–H groups in total. The zero-order valence-electron chi connectivity index (χ0n) is 18.2. The van der Waals surface area contributed by atoms with Gasteiger partial charge in [0.25, 0.3) is 5.91 Å². The number of fused-ring (bicyclic) bond motifs is 1. The quantitative estimate of drug-likeness (QED) is 0.582. The number of rotatable bonds is 5. The summed E-state index contributed by atoms with van der Waals surface area (Å²) < 4.78 is 42.6. The largest absolute Gasteiger partial charge is 0.319 e. The first-order chi connectivity index (χ1) is 15.7. The number of hydrogen-bond acceptors (Lipinski definition) is 5. The highest BCUT2D eigenvalue weighted by molar-refractivity contribution is 7.89. The van der Waals surface area contributed by atoms with E-state index in [1.807, 2.05) is 4.57 Å². The van der Waals surface area contributed by atoms with Crippen molar-refractivity contribution in [1.82, 2.24) is 19.1 Å². The average molecular weight is 492 g/mol. The highest BCUT2D eigenvalue weighted by Crippen LogP contribution is 2.28. The third kappa shape index (κ3) is 4.64. The van der Waals surface area contributed by atoms with Crippen LogP contribution in [-0.4, -0.2) is 47.5 Å². The van der Waals surface area contributed by atoms with Gasteiger partial charge in [0.05, 0.1) is 10.7 Å². The Balaban J connectivity index is 1.65. The molecule has 1 aromatic heterocycles. The second kappa shape index (κ2) is 9.20. The van der Waals surface area contributed by atoms with Gasteiger partial charge in [-0.2, -0.15) is 0 Å². The highest BCUT2D eigenvalue weighted by atomic mass is 35.5. The van der Waals surface area contributed by atoms with Crippen molar-refractivity contribution in [2.75, 3.05) is 19.4 Å². The summed E-state index contributed by atoms with van der Waals surface area (Å²) >= 11 is 6.05. The van der Waals surface area contributed by atoms with Crippen molar-refractivity contribution in [2.24, 2.45) is 0 Å². The minimum Gasteiger partial charge on any atom is -0.319 e. The van der Waals surface area contributed by atoms with E-state index in [1.54, 1.807) is 6.07 Å². The minimum absolute atomic E-state index is 0.0130. The highest BCUT2D eigenvalue weighted by Gasteiger charge is 2.23. The van der Waals surface area contributed by atoms with E-state index in [-0.39, 0.29) is 21.2 Å². The number of aryl methyl sites for hydroxylation is 1. The van der Waals surface area contributed by atoms with E-state index in [0.29, 0.717) is 11.4 Å². The molecule has 1 amide bonds. The van der Waals surface area contributed by atoms with Crippen LogP contribution in [0.5, 0.6) is 0 Å². The fraction of sp³-hybridized carbons (Fsp3) is 0.318. The molecule has 1 aliphatic rings. The van der Waals surface area contributed by atoms with Gasteiger partial charge >= 0.3 is 0 Å². The van der Waals surface area contributed by atoms with Crippen molar-refractivity contribution < 1.29 is 17.6 Å². The summed E-state index contributed by atoms with van der Waals surface area (Å²) in [5.74, 6) is 0.220. The Morgan fingerprint density at radius 3 is 2.67 bits per heavy atom. The van der Waals surface area contributed by atoms with Gasteiger partial charge in [0.15, 0.2) is 5.82 Å². The van der Waals surface area contributed by atoms with Crippen LogP contribution in [-0.2, 0) is 23.0 Å². The summed E-state index contributed by atoms with van der Waals surface area (Å²) in [6, 6.07) is 8.23. The second-order valence-electron chi connectivity index (χ2n) is 7.98. The molecule has 0 fully saturated rings. The first kappa shape index (κ1) is 23.3. The van der Waals surface area contributed by atoms with Gasteiger partial charge in [0.2, 0.25) is 10.0 Å². The van der Waals surface area contributed by atoms with Crippen LogP contribution in [0.4, 0.5) is 10.1 Å². The molecule has 0 saturated carbocycles. The van der Waals surface area contributed by atoms with E-state index in [4.69, 9.17) is 11.6 Å². The predicted octanol–water partition coefficient (Wildman–Crippen LogP) is 3.97. The maximum Gasteiger partial charge on any atom is 0.255 e. The standard InChI is InChI=1S/C22H23ClFN5O3S/c1-28(2)33(31,32)19-13-15(7-9-16(19)23)22(30)25-18-12-14(8-10-17(18)24)21-27-26-20-6-4-3-5-11-29(20)21/h7-10,12-13H,3-6,11H2,1-2H3,(H,25,30). The molecule has 0 bridgehead atoms. The maximum atomic E-state index is 14.5. The van der Waals surface area contributed by atoms with E-state index in [9.17, 15) is 17.6 Å². The lowest BCUT2D eigenvalue weighted by Gasteiger charge is -2.14. The van der Waals surface area contributed by atoms with Crippen LogP contribution < -0.4 is 5.32 Å². The van der Waals surface area contributed by atoms with E-state index in [2.05, 4.69) is 15.5 Å². The molecule has 3 aromatic rings. The van der Waals surface area contributed by atoms with Crippen LogP contribution in [0.1, 0.15) is 35.4 Å². The average Bonchev–Trinajstić information content (AvgIpc) is 3.03. The lowest BCUT2D eigenvalue weighted by Crippen LogP contribution is -2.23. The molecule has 0 atom stereocenters. The number of aromatic nitrogens is 3. The van der Waals surface area contributed by atoms with Gasteiger partial charge in [-0.1, -0.05) is 18.0 Å². The molecule has 11 heteroatoms. The Kier molecular flexibility index (Phi) is 6.51. The fourth-order valence-electron chi connectivity index (χ4n) is 3.69. The van der Waals surface area contributed by atoms with Gasteiger partial charge in [-0.05, 0) is 49.2 Å². The lowest BCUT2D eigenvalue weighted by atomic mass is 10.1. The monoisotopic (exact) mass is 491 g/mol. The summed E-state index contributed by atoms with van der Waals surface area (Å²) in [4.78, 5) is 12.6. The van der Waals surface area contributed by atoms with Gasteiger partial charge in [-0.15, -0.1) is 10.2 Å². The van der Waals surface area contributed by atoms with Crippen molar-refractivity contribution in [2.45, 2.75) is 37.1 Å². The Labute approximate surface area is 196 Å². The number of sulfonamides is 1. The Morgan fingerprint density at radius 1 is 1.12 bits per heavy atom. The smallest absolute Gasteiger partial charge is 0.255 e. The first-order valence-electron chi connectivity index (χ1n) is 10.4. The van der Waals surface area contributed by atoms with Crippen molar-refractivity contribution >= 4 is 33.2 Å². The Morgan fingerprint density at radius 2 is 1.91 bits per heavy atom. The van der Waals surface area contributed by atoms with Crippen LogP contribution >= 0.6 is 11.6 Å². The number of amides is 1. The third-order valence-corrected chi connectivity index (χ3v) is 7.83. The predicted molar refractivity (Wildman–Crippen MR) is 123 cm³/mol. The van der Waals surface area contributed by atoms with Crippen molar-refractivity contribution in [1.29, 1.82) is 0 Å². The number of carbonyl (C=O) groups excluding carboxylic acids is 1. The molecule has 2 heterocycles. The molecule has 174 valence electrons. The van der Waals surface area contributed by atoms with Crippen molar-refractivity contribution in [3.05, 3.63) is 58.6 Å². The molecule has 0 spiro atoms. The zero-order valence-corrected chi connectivity index (χ0v) is 19.7. The molecule has 1 aliphatic heterocycles. The Bertz CT molecular complexity index is 1320. The van der Waals surface area contributed by atoms with Crippen LogP contribution in [0.3, 0.4) is 0 Å². The molecule has 8 nitrogen and oxygen atoms in total. The molecule has 33 heavy (non-hydrogen) atoms. The molecule has 0 unspecified atom stereocenters. The van der Waals surface area contributed by atoms with Gasteiger partial charge < -0.3 is 9.88 Å². The van der Waals surface area contributed by atoms with Gasteiger partial charge in [-0.25, -0.2) is 17.1 Å². The number of nitrogens with zero attached hydrogens (tertiary/aromatic N) is 4. The lowest BCUT2D eigenvalue weighted by molar-refractivity contribution is 0.102. The summed E-state index contributed by atoms with van der Waals surface area (Å²) in [5.41, 5.74) is 0.607. The van der Waals surface area contributed by atoms with Gasteiger partial charge in [0, 0.05) is 38.2 Å². The summed E-state index contributed by atoms with van der Waals surface area (Å²) in [7, 11) is -1.13. The van der Waals surface area contributed by atoms with Crippen LogP contribution in [0, 0.1) is 5.82 Å². The number of halogens is 2. The van der Waals surface area contributed by atoms with Gasteiger partial charge in [0.1, 0.15) is 16.5 Å². The number of benzene rings is 2. The molecule has 0 saturated heterocycles. The van der Waals surface area contributed by atoms with Gasteiger partial charge in [-0.3, -0.25) is 4.79 Å².